The van der Waals surface area contributed by atoms with Crippen molar-refractivity contribution in [3.8, 4) is 17.0 Å². The maximum absolute atomic E-state index is 15.1. The minimum atomic E-state index is -0.356. The number of aryl methyl sites for hydroxylation is 1. The number of anilines is 2. The van der Waals surface area contributed by atoms with Crippen LogP contribution in [0.25, 0.3) is 21.9 Å². The molecular formula is C27H27FN6O2. The first-order valence-electron chi connectivity index (χ1n) is 12.2. The van der Waals surface area contributed by atoms with Gasteiger partial charge in [-0.1, -0.05) is 13.3 Å². The molecule has 1 amide bonds. The van der Waals surface area contributed by atoms with E-state index < -0.39 is 0 Å². The Morgan fingerprint density at radius 1 is 1.19 bits per heavy atom. The summed E-state index contributed by atoms with van der Waals surface area (Å²) >= 11 is 0. The van der Waals surface area contributed by atoms with Gasteiger partial charge < -0.3 is 15.4 Å². The molecule has 4 heterocycles. The minimum Gasteiger partial charge on any atom is -0.474 e. The van der Waals surface area contributed by atoms with Crippen molar-refractivity contribution in [1.29, 1.82) is 0 Å². The zero-order valence-corrected chi connectivity index (χ0v) is 20.4. The van der Waals surface area contributed by atoms with Gasteiger partial charge in [0.1, 0.15) is 23.9 Å². The molecule has 0 radical (unpaired) electrons. The molecule has 4 aromatic rings. The van der Waals surface area contributed by atoms with Crippen LogP contribution < -0.4 is 15.4 Å². The molecule has 9 heteroatoms. The average molecular weight is 487 g/mol. The first kappa shape index (κ1) is 22.5. The Hall–Kier alpha value is -4.01. The third-order valence-corrected chi connectivity index (χ3v) is 7.35. The summed E-state index contributed by atoms with van der Waals surface area (Å²) < 4.78 is 22.5. The van der Waals surface area contributed by atoms with E-state index in [2.05, 4.69) is 32.6 Å². The molecule has 3 atom stereocenters. The topological polar surface area (TPSA) is 94.0 Å². The summed E-state index contributed by atoms with van der Waals surface area (Å²) in [7, 11) is 1.88. The van der Waals surface area contributed by atoms with E-state index in [4.69, 9.17) is 4.74 Å². The lowest BCUT2D eigenvalue weighted by molar-refractivity contribution is -0.117. The molecule has 36 heavy (non-hydrogen) atoms. The quantitative estimate of drug-likeness (QED) is 0.426. The SMILES string of the molecule is CC[C@@H]1[C@@H](C(=O)Nc2cc3cc(-c4cnc5c(c4C)NCCO5)c(F)cc3cn2)[C@@H]1c1cnn(C)c1. The molecule has 184 valence electrons. The number of ether oxygens (including phenoxy) is 1. The molecule has 3 aromatic heterocycles. The number of nitrogens with one attached hydrogen (secondary N) is 2. The van der Waals surface area contributed by atoms with Gasteiger partial charge in [-0.05, 0) is 47.6 Å². The number of carbonyl (C=O) groups excluding carboxylic acids is 1. The zero-order chi connectivity index (χ0) is 25.0. The van der Waals surface area contributed by atoms with Crippen LogP contribution in [0.2, 0.25) is 0 Å². The van der Waals surface area contributed by atoms with Crippen LogP contribution in [0.1, 0.15) is 30.4 Å². The highest BCUT2D eigenvalue weighted by Crippen LogP contribution is 2.56. The van der Waals surface area contributed by atoms with Crippen LogP contribution in [0.4, 0.5) is 15.9 Å². The number of carbonyl (C=O) groups is 1. The Kier molecular flexibility index (Phi) is 5.35. The number of nitrogens with zero attached hydrogens (tertiary/aromatic N) is 4. The predicted octanol–water partition coefficient (Wildman–Crippen LogP) is 4.66. The average Bonchev–Trinajstić information content (AvgIpc) is 3.47. The van der Waals surface area contributed by atoms with E-state index in [-0.39, 0.29) is 29.5 Å². The van der Waals surface area contributed by atoms with E-state index in [1.165, 1.54) is 6.07 Å². The van der Waals surface area contributed by atoms with Crippen LogP contribution >= 0.6 is 0 Å². The number of halogens is 1. The molecule has 0 bridgehead atoms. The van der Waals surface area contributed by atoms with Crippen molar-refractivity contribution < 1.29 is 13.9 Å². The van der Waals surface area contributed by atoms with Gasteiger partial charge in [-0.3, -0.25) is 9.48 Å². The van der Waals surface area contributed by atoms with Gasteiger partial charge in [0.05, 0.1) is 6.20 Å². The molecule has 1 saturated carbocycles. The van der Waals surface area contributed by atoms with Crippen molar-refractivity contribution in [3.63, 3.8) is 0 Å². The third-order valence-electron chi connectivity index (χ3n) is 7.35. The number of hydrogen-bond acceptors (Lipinski definition) is 6. The highest BCUT2D eigenvalue weighted by atomic mass is 19.1. The lowest BCUT2D eigenvalue weighted by Crippen LogP contribution is -2.20. The van der Waals surface area contributed by atoms with Gasteiger partial charge >= 0.3 is 0 Å². The van der Waals surface area contributed by atoms with Gasteiger partial charge in [0.25, 0.3) is 0 Å². The number of aromatic nitrogens is 4. The fourth-order valence-electron chi connectivity index (χ4n) is 5.45. The van der Waals surface area contributed by atoms with E-state index in [0.29, 0.717) is 41.4 Å². The maximum Gasteiger partial charge on any atom is 0.237 e. The number of amides is 1. The molecule has 1 aliphatic heterocycles. The number of benzene rings is 1. The molecule has 0 unspecified atom stereocenters. The molecule has 1 aromatic carbocycles. The molecule has 1 aliphatic carbocycles. The monoisotopic (exact) mass is 486 g/mol. The van der Waals surface area contributed by atoms with E-state index in [9.17, 15) is 4.79 Å². The Labute approximate surface area is 207 Å². The van der Waals surface area contributed by atoms with Crippen molar-refractivity contribution in [3.05, 3.63) is 59.9 Å². The lowest BCUT2D eigenvalue weighted by Gasteiger charge is -2.21. The predicted molar refractivity (Wildman–Crippen MR) is 136 cm³/mol. The molecule has 2 N–H and O–H groups in total. The third kappa shape index (κ3) is 3.75. The fourth-order valence-corrected chi connectivity index (χ4v) is 5.45. The number of pyridine rings is 2. The first-order valence-corrected chi connectivity index (χ1v) is 12.2. The molecule has 1 fully saturated rings. The molecular weight excluding hydrogens is 459 g/mol. The second-order valence-electron chi connectivity index (χ2n) is 9.56. The van der Waals surface area contributed by atoms with Crippen molar-refractivity contribution in [1.82, 2.24) is 19.7 Å². The van der Waals surface area contributed by atoms with Crippen LogP contribution in [-0.4, -0.2) is 38.8 Å². The van der Waals surface area contributed by atoms with E-state index in [0.717, 1.165) is 28.6 Å². The van der Waals surface area contributed by atoms with Gasteiger partial charge in [-0.2, -0.15) is 5.10 Å². The van der Waals surface area contributed by atoms with Crippen molar-refractivity contribution >= 4 is 28.2 Å². The van der Waals surface area contributed by atoms with Crippen LogP contribution in [0.5, 0.6) is 5.88 Å². The van der Waals surface area contributed by atoms with Gasteiger partial charge in [-0.25, -0.2) is 14.4 Å². The second-order valence-corrected chi connectivity index (χ2v) is 9.56. The summed E-state index contributed by atoms with van der Waals surface area (Å²) in [5, 5.41) is 12.0. The summed E-state index contributed by atoms with van der Waals surface area (Å²) in [6.45, 7) is 5.26. The van der Waals surface area contributed by atoms with Gasteiger partial charge in [0.15, 0.2) is 0 Å². The van der Waals surface area contributed by atoms with E-state index in [1.807, 2.05) is 26.4 Å². The summed E-state index contributed by atoms with van der Waals surface area (Å²) in [5.74, 6) is 0.922. The van der Waals surface area contributed by atoms with Gasteiger partial charge in [0, 0.05) is 60.5 Å². The second kappa shape index (κ2) is 8.58. The Bertz CT molecular complexity index is 1500. The van der Waals surface area contributed by atoms with E-state index in [1.54, 1.807) is 29.2 Å². The maximum atomic E-state index is 15.1. The zero-order valence-electron chi connectivity index (χ0n) is 20.4. The summed E-state index contributed by atoms with van der Waals surface area (Å²) in [6.07, 6.45) is 7.97. The van der Waals surface area contributed by atoms with Crippen molar-refractivity contribution in [2.75, 3.05) is 23.8 Å². The minimum absolute atomic E-state index is 0.0503. The molecule has 0 saturated heterocycles. The standard InChI is InChI=1S/C27H27FN6O2/c1-4-18-23(17-11-32-34(3)13-17)24(18)26(35)33-22-9-15-7-19(21(28)8-16(15)10-30-22)20-12-31-27-25(14(20)2)29-5-6-36-27/h7-13,18,23-24,29H,4-6H2,1-3H3,(H,30,33,35)/t18-,23+,24+/m0/s1. The Morgan fingerprint density at radius 3 is 2.83 bits per heavy atom. The largest absolute Gasteiger partial charge is 0.474 e. The normalized spacial score (nSPS) is 20.4. The van der Waals surface area contributed by atoms with Crippen LogP contribution in [0, 0.1) is 24.6 Å². The smallest absolute Gasteiger partial charge is 0.237 e. The van der Waals surface area contributed by atoms with Crippen molar-refractivity contribution in [2.45, 2.75) is 26.2 Å². The summed E-state index contributed by atoms with van der Waals surface area (Å²) in [4.78, 5) is 21.9. The summed E-state index contributed by atoms with van der Waals surface area (Å²) in [6, 6.07) is 5.05. The van der Waals surface area contributed by atoms with Crippen LogP contribution in [0.3, 0.4) is 0 Å². The molecule has 0 spiro atoms. The molecule has 2 aliphatic rings. The highest BCUT2D eigenvalue weighted by molar-refractivity contribution is 5.97. The lowest BCUT2D eigenvalue weighted by atomic mass is 9.98. The van der Waals surface area contributed by atoms with Gasteiger partial charge in [-0.15, -0.1) is 0 Å². The first-order chi connectivity index (χ1) is 17.4. The fraction of sp³-hybridized carbons (Fsp3) is 0.333. The Balaban J connectivity index is 1.29. The van der Waals surface area contributed by atoms with E-state index >= 15 is 4.39 Å². The van der Waals surface area contributed by atoms with Crippen molar-refractivity contribution in [2.24, 2.45) is 18.9 Å². The van der Waals surface area contributed by atoms with Crippen LogP contribution in [-0.2, 0) is 11.8 Å². The number of fused-ring (bicyclic) bond motifs is 2. The van der Waals surface area contributed by atoms with Crippen LogP contribution in [0.15, 0.2) is 43.0 Å². The molecule has 6 rings (SSSR count). The van der Waals surface area contributed by atoms with Gasteiger partial charge in [0.2, 0.25) is 11.8 Å². The Morgan fingerprint density at radius 2 is 2.06 bits per heavy atom. The summed E-state index contributed by atoms with van der Waals surface area (Å²) in [5.41, 5.74) is 3.89. The molecule has 8 nitrogen and oxygen atoms in total. The number of hydrogen-bond donors (Lipinski definition) is 2. The number of rotatable bonds is 5. The highest BCUT2D eigenvalue weighted by Gasteiger charge is 2.54.